The van der Waals surface area contributed by atoms with Crippen LogP contribution in [0.25, 0.3) is 0 Å². The van der Waals surface area contributed by atoms with E-state index in [-0.39, 0.29) is 15.5 Å². The Morgan fingerprint density at radius 2 is 1.80 bits per heavy atom. The second kappa shape index (κ2) is 4.32. The van der Waals surface area contributed by atoms with Crippen LogP contribution in [0.15, 0.2) is 29.2 Å². The van der Waals surface area contributed by atoms with Gasteiger partial charge in [-0.05, 0) is 23.3 Å². The summed E-state index contributed by atoms with van der Waals surface area (Å²) in [5, 5.41) is 0. The maximum atomic E-state index is 12.4. The summed E-state index contributed by atoms with van der Waals surface area (Å²) in [4.78, 5) is 0.335. The molecule has 0 bridgehead atoms. The van der Waals surface area contributed by atoms with Crippen molar-refractivity contribution in [3.05, 3.63) is 24.3 Å². The average molecular weight is 237 g/mol. The van der Waals surface area contributed by atoms with E-state index in [9.17, 15) is 17.7 Å². The minimum atomic E-state index is -4.46. The number of hydrogen-bond donors (Lipinski definition) is 0. The Morgan fingerprint density at radius 3 is 2.27 bits per heavy atom. The van der Waals surface area contributed by atoms with Crippen molar-refractivity contribution in [2.24, 2.45) is 0 Å². The lowest BCUT2D eigenvalue weighted by atomic mass is 10.3. The third kappa shape index (κ3) is 2.79. The maximum Gasteiger partial charge on any atom is 0.484 e. The molecule has 1 aromatic carbocycles. The molecule has 1 rings (SSSR count). The highest BCUT2D eigenvalue weighted by atomic mass is 32.2. The Balaban J connectivity index is 3.14. The Morgan fingerprint density at radius 1 is 1.27 bits per heavy atom. The molecule has 0 fully saturated rings. The molecule has 0 spiro atoms. The number of hydrogen-bond acceptors (Lipinski definition) is 2. The highest BCUT2D eigenvalue weighted by Gasteiger charge is 2.36. The van der Waals surface area contributed by atoms with E-state index in [1.54, 1.807) is 6.07 Å². The summed E-state index contributed by atoms with van der Waals surface area (Å²) in [6, 6.07) is 5.76. The third-order valence-electron chi connectivity index (χ3n) is 1.92. The Kier molecular flexibility index (Phi) is 3.51. The summed E-state index contributed by atoms with van der Waals surface area (Å²) < 4.78 is 48.4. The molecule has 1 aromatic rings. The molecule has 84 valence electrons. The predicted molar refractivity (Wildman–Crippen MR) is 53.2 cm³/mol. The average Bonchev–Trinajstić information content (AvgIpc) is 2.15. The second-order valence-electron chi connectivity index (χ2n) is 2.95. The Hall–Kier alpha value is -0.880. The monoisotopic (exact) mass is 237 g/mol. The zero-order valence-corrected chi connectivity index (χ0v) is 9.02. The summed E-state index contributed by atoms with van der Waals surface area (Å²) in [5.41, 5.74) is -0.0779. The van der Waals surface area contributed by atoms with Gasteiger partial charge in [0.05, 0.1) is 5.69 Å². The highest BCUT2D eigenvalue weighted by Crippen LogP contribution is 2.31. The van der Waals surface area contributed by atoms with Gasteiger partial charge in [0, 0.05) is 7.05 Å². The van der Waals surface area contributed by atoms with Gasteiger partial charge in [0.25, 0.3) is 0 Å². The fourth-order valence-electron chi connectivity index (χ4n) is 1.11. The molecule has 0 amide bonds. The first-order chi connectivity index (χ1) is 6.84. The van der Waals surface area contributed by atoms with Crippen LogP contribution in [0.4, 0.5) is 18.9 Å². The third-order valence-corrected chi connectivity index (χ3v) is 2.88. The molecule has 15 heavy (non-hydrogen) atoms. The standard InChI is InChI=1S/C9H10F3NOS/c1-13(9(10,11)12)7-5-3-4-6-8(7)15(2)14/h3-6H,1-2H3. The largest absolute Gasteiger partial charge is 0.612 e. The van der Waals surface area contributed by atoms with Gasteiger partial charge in [-0.25, -0.2) is 0 Å². The fourth-order valence-corrected chi connectivity index (χ4v) is 1.88. The van der Waals surface area contributed by atoms with E-state index < -0.39 is 17.5 Å². The number of para-hydroxylation sites is 1. The van der Waals surface area contributed by atoms with Crippen LogP contribution in [0, 0.1) is 0 Å². The minimum absolute atomic E-state index is 0.0779. The number of nitrogens with zero attached hydrogens (tertiary/aromatic N) is 1. The van der Waals surface area contributed by atoms with E-state index in [4.69, 9.17) is 0 Å². The second-order valence-corrected chi connectivity index (χ2v) is 4.30. The van der Waals surface area contributed by atoms with Gasteiger partial charge in [-0.15, -0.1) is 0 Å². The first-order valence-corrected chi connectivity index (χ1v) is 5.63. The summed E-state index contributed by atoms with van der Waals surface area (Å²) >= 11 is -1.44. The van der Waals surface area contributed by atoms with Crippen molar-refractivity contribution in [2.75, 3.05) is 18.2 Å². The number of alkyl halides is 3. The molecule has 0 saturated heterocycles. The van der Waals surface area contributed by atoms with Crippen LogP contribution in [0.2, 0.25) is 0 Å². The van der Waals surface area contributed by atoms with Crippen LogP contribution in [0.3, 0.4) is 0 Å². The van der Waals surface area contributed by atoms with Crippen molar-refractivity contribution in [3.8, 4) is 0 Å². The van der Waals surface area contributed by atoms with Crippen molar-refractivity contribution < 1.29 is 17.7 Å². The summed E-state index contributed by atoms with van der Waals surface area (Å²) in [5.74, 6) is 0. The van der Waals surface area contributed by atoms with Gasteiger partial charge in [0.15, 0.2) is 4.90 Å². The smallest absolute Gasteiger partial charge is 0.484 e. The van der Waals surface area contributed by atoms with Gasteiger partial charge in [0.2, 0.25) is 0 Å². The summed E-state index contributed by atoms with van der Waals surface area (Å²) in [6.07, 6.45) is -3.11. The molecule has 0 aromatic heterocycles. The highest BCUT2D eigenvalue weighted by molar-refractivity contribution is 7.90. The van der Waals surface area contributed by atoms with E-state index >= 15 is 0 Å². The van der Waals surface area contributed by atoms with Crippen molar-refractivity contribution >= 4 is 16.9 Å². The number of anilines is 1. The SMILES string of the molecule is CN(c1ccccc1[S+](C)[O-])C(F)(F)F. The van der Waals surface area contributed by atoms with Gasteiger partial charge < -0.3 is 4.55 Å². The molecule has 0 heterocycles. The molecule has 0 saturated carbocycles. The number of halogens is 3. The maximum absolute atomic E-state index is 12.4. The van der Waals surface area contributed by atoms with Crippen molar-refractivity contribution in [1.29, 1.82) is 0 Å². The van der Waals surface area contributed by atoms with Gasteiger partial charge in [-0.1, -0.05) is 12.1 Å². The fraction of sp³-hybridized carbons (Fsp3) is 0.333. The lowest BCUT2D eigenvalue weighted by Gasteiger charge is -2.23. The van der Waals surface area contributed by atoms with Crippen LogP contribution in [0.1, 0.15) is 0 Å². The molecule has 0 aliphatic rings. The van der Waals surface area contributed by atoms with Gasteiger partial charge >= 0.3 is 6.30 Å². The molecule has 0 N–H and O–H groups in total. The predicted octanol–water partition coefficient (Wildman–Crippen LogP) is 2.38. The normalized spacial score (nSPS) is 13.7. The molecule has 2 nitrogen and oxygen atoms in total. The minimum Gasteiger partial charge on any atom is -0.612 e. The van der Waals surface area contributed by atoms with Crippen molar-refractivity contribution in [2.45, 2.75) is 11.2 Å². The number of rotatable bonds is 2. The van der Waals surface area contributed by atoms with Crippen LogP contribution >= 0.6 is 0 Å². The zero-order valence-electron chi connectivity index (χ0n) is 8.21. The lowest BCUT2D eigenvalue weighted by molar-refractivity contribution is -0.125. The van der Waals surface area contributed by atoms with Crippen LogP contribution in [-0.4, -0.2) is 24.2 Å². The van der Waals surface area contributed by atoms with E-state index in [0.717, 1.165) is 7.05 Å². The van der Waals surface area contributed by atoms with E-state index in [2.05, 4.69) is 0 Å². The van der Waals surface area contributed by atoms with E-state index in [0.29, 0.717) is 0 Å². The molecule has 0 radical (unpaired) electrons. The van der Waals surface area contributed by atoms with Gasteiger partial charge in [-0.3, -0.25) is 4.90 Å². The Bertz CT molecular complexity index is 340. The molecule has 0 aliphatic heterocycles. The number of benzene rings is 1. The first-order valence-electron chi connectivity index (χ1n) is 4.07. The lowest BCUT2D eigenvalue weighted by Crippen LogP contribution is -2.35. The van der Waals surface area contributed by atoms with Crippen LogP contribution in [0.5, 0.6) is 0 Å². The topological polar surface area (TPSA) is 26.3 Å². The Labute approximate surface area is 88.9 Å². The molecule has 6 heteroatoms. The van der Waals surface area contributed by atoms with E-state index in [1.807, 2.05) is 0 Å². The van der Waals surface area contributed by atoms with E-state index in [1.165, 1.54) is 24.5 Å². The van der Waals surface area contributed by atoms with Crippen molar-refractivity contribution in [1.82, 2.24) is 0 Å². The molecule has 1 atom stereocenters. The molecular formula is C9H10F3NOS. The summed E-state index contributed by atoms with van der Waals surface area (Å²) in [7, 11) is 0.908. The van der Waals surface area contributed by atoms with Gasteiger partial charge in [0.1, 0.15) is 6.26 Å². The van der Waals surface area contributed by atoms with Crippen molar-refractivity contribution in [3.63, 3.8) is 0 Å². The van der Waals surface area contributed by atoms with Gasteiger partial charge in [-0.2, -0.15) is 13.2 Å². The summed E-state index contributed by atoms with van der Waals surface area (Å²) in [6.45, 7) is 0. The zero-order chi connectivity index (χ0) is 11.6. The first kappa shape index (κ1) is 12.2. The van der Waals surface area contributed by atoms with Crippen LogP contribution in [-0.2, 0) is 11.2 Å². The molecule has 1 unspecified atom stereocenters. The molecular weight excluding hydrogens is 227 g/mol. The quantitative estimate of drug-likeness (QED) is 0.583. The molecule has 0 aliphatic carbocycles. The van der Waals surface area contributed by atoms with Crippen LogP contribution < -0.4 is 4.90 Å².